The molecule has 8 heteroatoms. The number of phenolic OH excluding ortho intramolecular Hbond substituents is 1. The van der Waals surface area contributed by atoms with E-state index < -0.39 is 23.5 Å². The Balaban J connectivity index is 2.12. The zero-order valence-corrected chi connectivity index (χ0v) is 22.4. The number of aromatic hydroxyl groups is 1. The van der Waals surface area contributed by atoms with Crippen molar-refractivity contribution in [3.8, 4) is 17.2 Å². The maximum atomic E-state index is 13.3. The zero-order chi connectivity index (χ0) is 27.1. The second-order valence-electron chi connectivity index (χ2n) is 9.15. The fourth-order valence-corrected chi connectivity index (χ4v) is 4.63. The topological polar surface area (TPSA) is 99.5 Å². The number of Topliss-reactive ketones (excluding diaryl/α,β-unsaturated/α-hetero) is 1. The van der Waals surface area contributed by atoms with Crippen molar-refractivity contribution in [2.75, 3.05) is 39.9 Å². The number of aryl methyl sites for hydroxylation is 1. The smallest absolute Gasteiger partial charge is 0.295 e. The van der Waals surface area contributed by atoms with Crippen LogP contribution >= 0.6 is 0 Å². The number of benzene rings is 2. The normalized spacial score (nSPS) is 17.0. The molecule has 37 heavy (non-hydrogen) atoms. The zero-order valence-electron chi connectivity index (χ0n) is 22.4. The van der Waals surface area contributed by atoms with Gasteiger partial charge >= 0.3 is 0 Å². The van der Waals surface area contributed by atoms with Gasteiger partial charge in [0, 0.05) is 6.54 Å². The first kappa shape index (κ1) is 28.1. The average Bonchev–Trinajstić information content (AvgIpc) is 3.15. The Morgan fingerprint density at radius 1 is 1.05 bits per heavy atom. The Hall–Kier alpha value is -3.52. The summed E-state index contributed by atoms with van der Waals surface area (Å²) in [7, 11) is 1.53. The Bertz CT molecular complexity index is 1160. The average molecular weight is 511 g/mol. The van der Waals surface area contributed by atoms with Crippen LogP contribution < -0.4 is 9.47 Å². The minimum absolute atomic E-state index is 0.0574. The molecular weight excluding hydrogens is 472 g/mol. The lowest BCUT2D eigenvalue weighted by molar-refractivity contribution is -0.140. The highest BCUT2D eigenvalue weighted by Crippen LogP contribution is 2.43. The number of carbonyl (C=O) groups excluding carboxylic acids is 2. The van der Waals surface area contributed by atoms with Crippen molar-refractivity contribution in [1.29, 1.82) is 0 Å². The first-order valence-electron chi connectivity index (χ1n) is 12.9. The van der Waals surface area contributed by atoms with Crippen molar-refractivity contribution >= 4 is 17.4 Å². The molecule has 1 aliphatic heterocycles. The van der Waals surface area contributed by atoms with Crippen LogP contribution in [0.15, 0.2) is 42.0 Å². The number of carbonyl (C=O) groups is 2. The minimum Gasteiger partial charge on any atom is -0.507 e. The van der Waals surface area contributed by atoms with E-state index in [4.69, 9.17) is 9.47 Å². The SMILES string of the molecule is CCCOc1ccc(C2/C(=C(\O)c3cc(C)ccc3O)C(=O)C(=O)N2CCCN(CC)CC)cc1OC. The van der Waals surface area contributed by atoms with E-state index in [2.05, 4.69) is 18.7 Å². The third-order valence-corrected chi connectivity index (χ3v) is 6.68. The van der Waals surface area contributed by atoms with Crippen LogP contribution in [0.25, 0.3) is 5.76 Å². The molecule has 2 aromatic carbocycles. The molecule has 0 spiro atoms. The van der Waals surface area contributed by atoms with Crippen molar-refractivity contribution < 1.29 is 29.3 Å². The van der Waals surface area contributed by atoms with Crippen molar-refractivity contribution in [3.63, 3.8) is 0 Å². The summed E-state index contributed by atoms with van der Waals surface area (Å²) >= 11 is 0. The molecule has 1 atom stereocenters. The molecule has 2 aromatic rings. The number of hydrogen-bond donors (Lipinski definition) is 2. The van der Waals surface area contributed by atoms with E-state index in [-0.39, 0.29) is 16.9 Å². The van der Waals surface area contributed by atoms with Crippen LogP contribution in [0.3, 0.4) is 0 Å². The third-order valence-electron chi connectivity index (χ3n) is 6.68. The second kappa shape index (κ2) is 12.6. The van der Waals surface area contributed by atoms with Crippen LogP contribution in [0.5, 0.6) is 17.2 Å². The Kier molecular flexibility index (Phi) is 9.58. The summed E-state index contributed by atoms with van der Waals surface area (Å²) in [6.07, 6.45) is 1.49. The highest BCUT2D eigenvalue weighted by Gasteiger charge is 2.46. The summed E-state index contributed by atoms with van der Waals surface area (Å²) in [5.41, 5.74) is 1.46. The van der Waals surface area contributed by atoms with Crippen LogP contribution in [0, 0.1) is 6.92 Å². The van der Waals surface area contributed by atoms with Crippen molar-refractivity contribution in [3.05, 3.63) is 58.7 Å². The molecule has 2 N–H and O–H groups in total. The summed E-state index contributed by atoms with van der Waals surface area (Å²) in [5, 5.41) is 21.8. The highest BCUT2D eigenvalue weighted by molar-refractivity contribution is 6.46. The number of methoxy groups -OCH3 is 1. The number of phenols is 1. The predicted molar refractivity (Wildman–Crippen MR) is 143 cm³/mol. The van der Waals surface area contributed by atoms with E-state index >= 15 is 0 Å². The summed E-state index contributed by atoms with van der Waals surface area (Å²) < 4.78 is 11.3. The number of aliphatic hydroxyl groups excluding tert-OH is 1. The van der Waals surface area contributed by atoms with Crippen molar-refractivity contribution in [2.45, 2.75) is 46.6 Å². The van der Waals surface area contributed by atoms with Gasteiger partial charge in [0.15, 0.2) is 11.5 Å². The molecule has 0 bridgehead atoms. The van der Waals surface area contributed by atoms with Gasteiger partial charge in [0.1, 0.15) is 11.5 Å². The number of ether oxygens (including phenoxy) is 2. The van der Waals surface area contributed by atoms with Gasteiger partial charge in [-0.05, 0) is 69.2 Å². The Morgan fingerprint density at radius 2 is 1.78 bits per heavy atom. The highest BCUT2D eigenvalue weighted by atomic mass is 16.5. The molecule has 1 fully saturated rings. The molecule has 0 aromatic heterocycles. The fraction of sp³-hybridized carbons (Fsp3) is 0.448. The summed E-state index contributed by atoms with van der Waals surface area (Å²) in [5.74, 6) is -1.00. The van der Waals surface area contributed by atoms with Gasteiger partial charge in [-0.2, -0.15) is 0 Å². The number of rotatable bonds is 12. The quantitative estimate of drug-likeness (QED) is 0.244. The van der Waals surface area contributed by atoms with E-state index in [0.29, 0.717) is 36.6 Å². The molecular formula is C29H38N2O6. The van der Waals surface area contributed by atoms with Gasteiger partial charge in [-0.15, -0.1) is 0 Å². The van der Waals surface area contributed by atoms with Gasteiger partial charge in [-0.3, -0.25) is 9.59 Å². The molecule has 0 saturated carbocycles. The summed E-state index contributed by atoms with van der Waals surface area (Å²) in [4.78, 5) is 30.3. The van der Waals surface area contributed by atoms with E-state index in [1.54, 1.807) is 30.3 Å². The van der Waals surface area contributed by atoms with Crippen molar-refractivity contribution in [1.82, 2.24) is 9.80 Å². The van der Waals surface area contributed by atoms with Crippen LogP contribution in [0.2, 0.25) is 0 Å². The van der Waals surface area contributed by atoms with E-state index in [0.717, 1.165) is 31.6 Å². The molecule has 1 unspecified atom stereocenters. The maximum Gasteiger partial charge on any atom is 0.295 e. The first-order chi connectivity index (χ1) is 17.8. The Morgan fingerprint density at radius 3 is 2.43 bits per heavy atom. The first-order valence-corrected chi connectivity index (χ1v) is 12.9. The van der Waals surface area contributed by atoms with Gasteiger partial charge < -0.3 is 29.5 Å². The third kappa shape index (κ3) is 6.07. The van der Waals surface area contributed by atoms with Crippen LogP contribution in [-0.2, 0) is 9.59 Å². The Labute approximate surface area is 219 Å². The number of hydrogen-bond acceptors (Lipinski definition) is 7. The standard InChI is InChI=1S/C29H38N2O6/c1-6-16-37-23-13-11-20(18-24(23)36-5)26-25(27(33)21-17-19(4)10-12-22(21)32)28(34)29(35)31(26)15-9-14-30(7-2)8-3/h10-13,17-18,26,32-33H,6-9,14-16H2,1-5H3/b27-25+. The largest absolute Gasteiger partial charge is 0.507 e. The number of aliphatic hydroxyl groups is 1. The lowest BCUT2D eigenvalue weighted by Crippen LogP contribution is -2.33. The molecule has 8 nitrogen and oxygen atoms in total. The molecule has 1 heterocycles. The monoisotopic (exact) mass is 510 g/mol. The summed E-state index contributed by atoms with van der Waals surface area (Å²) in [6, 6.07) is 9.19. The molecule has 1 amide bonds. The predicted octanol–water partition coefficient (Wildman–Crippen LogP) is 4.65. The maximum absolute atomic E-state index is 13.3. The lowest BCUT2D eigenvalue weighted by atomic mass is 9.94. The van der Waals surface area contributed by atoms with E-state index in [1.807, 2.05) is 13.8 Å². The molecule has 0 aliphatic carbocycles. The molecule has 1 aliphatic rings. The molecule has 0 radical (unpaired) electrons. The van der Waals surface area contributed by atoms with E-state index in [1.165, 1.54) is 18.1 Å². The van der Waals surface area contributed by atoms with Crippen LogP contribution in [0.4, 0.5) is 0 Å². The molecule has 3 rings (SSSR count). The minimum atomic E-state index is -0.842. The van der Waals surface area contributed by atoms with Crippen molar-refractivity contribution in [2.24, 2.45) is 0 Å². The van der Waals surface area contributed by atoms with E-state index in [9.17, 15) is 19.8 Å². The van der Waals surface area contributed by atoms with Gasteiger partial charge in [0.2, 0.25) is 0 Å². The molecule has 200 valence electrons. The number of nitrogens with zero attached hydrogens (tertiary/aromatic N) is 2. The second-order valence-corrected chi connectivity index (χ2v) is 9.15. The van der Waals surface area contributed by atoms with Gasteiger partial charge in [-0.1, -0.05) is 38.5 Å². The van der Waals surface area contributed by atoms with Crippen LogP contribution in [0.1, 0.15) is 56.3 Å². The number of ketones is 1. The van der Waals surface area contributed by atoms with Gasteiger partial charge in [0.25, 0.3) is 11.7 Å². The number of likely N-dealkylation sites (tertiary alicyclic amines) is 1. The fourth-order valence-electron chi connectivity index (χ4n) is 4.63. The lowest BCUT2D eigenvalue weighted by Gasteiger charge is -2.27. The summed E-state index contributed by atoms with van der Waals surface area (Å²) in [6.45, 7) is 11.4. The molecule has 1 saturated heterocycles. The van der Waals surface area contributed by atoms with Crippen LogP contribution in [-0.4, -0.2) is 71.6 Å². The number of amides is 1. The van der Waals surface area contributed by atoms with Gasteiger partial charge in [0.05, 0.1) is 30.9 Å². The van der Waals surface area contributed by atoms with Gasteiger partial charge in [-0.25, -0.2) is 0 Å².